The third kappa shape index (κ3) is 5.91. The minimum Gasteiger partial charge on any atom is -0.411 e. The van der Waals surface area contributed by atoms with Crippen molar-refractivity contribution in [2.75, 3.05) is 6.61 Å². The van der Waals surface area contributed by atoms with Crippen molar-refractivity contribution in [1.29, 1.82) is 0 Å². The van der Waals surface area contributed by atoms with E-state index in [1.165, 1.54) is 0 Å². The molecule has 1 aromatic rings. The van der Waals surface area contributed by atoms with Crippen LogP contribution in [0, 0.1) is 0 Å². The van der Waals surface area contributed by atoms with E-state index in [9.17, 15) is 5.11 Å². The van der Waals surface area contributed by atoms with E-state index < -0.39 is 14.4 Å². The maximum atomic E-state index is 10.2. The number of rotatable bonds is 7. The predicted octanol–water partition coefficient (Wildman–Crippen LogP) is 3.97. The lowest BCUT2D eigenvalue weighted by molar-refractivity contribution is -0.0301. The van der Waals surface area contributed by atoms with Crippen LogP contribution in [-0.4, -0.2) is 32.2 Å². The summed E-state index contributed by atoms with van der Waals surface area (Å²) in [5.74, 6) is 0. The first kappa shape index (κ1) is 18.4. The Morgan fingerprint density at radius 2 is 1.71 bits per heavy atom. The van der Waals surface area contributed by atoms with E-state index in [2.05, 4.69) is 33.9 Å². The van der Waals surface area contributed by atoms with Gasteiger partial charge in [0.2, 0.25) is 0 Å². The van der Waals surface area contributed by atoms with Crippen LogP contribution in [0.3, 0.4) is 0 Å². The predicted molar refractivity (Wildman–Crippen MR) is 89.8 cm³/mol. The summed E-state index contributed by atoms with van der Waals surface area (Å²) in [6.45, 7) is 13.7. The monoisotopic (exact) mass is 310 g/mol. The van der Waals surface area contributed by atoms with E-state index in [0.717, 1.165) is 5.56 Å². The maximum absolute atomic E-state index is 10.2. The van der Waals surface area contributed by atoms with E-state index in [4.69, 9.17) is 9.16 Å². The van der Waals surface area contributed by atoms with Gasteiger partial charge < -0.3 is 14.3 Å². The topological polar surface area (TPSA) is 38.7 Å². The van der Waals surface area contributed by atoms with Crippen LogP contribution in [0.4, 0.5) is 0 Å². The summed E-state index contributed by atoms with van der Waals surface area (Å²) in [7, 11) is -1.85. The molecule has 21 heavy (non-hydrogen) atoms. The molecule has 1 N–H and O–H groups in total. The minimum absolute atomic E-state index is 0.145. The van der Waals surface area contributed by atoms with Gasteiger partial charge in [0, 0.05) is 0 Å². The molecule has 0 bridgehead atoms. The average Bonchev–Trinajstić information content (AvgIpc) is 2.38. The summed E-state index contributed by atoms with van der Waals surface area (Å²) in [4.78, 5) is 0. The van der Waals surface area contributed by atoms with Crippen molar-refractivity contribution in [2.24, 2.45) is 0 Å². The summed E-state index contributed by atoms with van der Waals surface area (Å²) in [5, 5.41) is 10.3. The third-order valence-electron chi connectivity index (χ3n) is 4.23. The molecule has 0 aliphatic rings. The Labute approximate surface area is 130 Å². The zero-order valence-corrected chi connectivity index (χ0v) is 15.2. The maximum Gasteiger partial charge on any atom is 0.192 e. The Kier molecular flexibility index (Phi) is 6.59. The SMILES string of the molecule is C[C@H](O[Si](C)(C)C(C)(C)C)[C@H](O)COCc1ccccc1. The average molecular weight is 311 g/mol. The van der Waals surface area contributed by atoms with Crippen LogP contribution in [0.2, 0.25) is 18.1 Å². The molecule has 0 radical (unpaired) electrons. The van der Waals surface area contributed by atoms with Crippen LogP contribution < -0.4 is 0 Å². The fourth-order valence-corrected chi connectivity index (χ4v) is 3.17. The Hall–Kier alpha value is -0.683. The molecule has 120 valence electrons. The number of benzene rings is 1. The van der Waals surface area contributed by atoms with Crippen LogP contribution in [0.25, 0.3) is 0 Å². The van der Waals surface area contributed by atoms with Crippen molar-refractivity contribution in [1.82, 2.24) is 0 Å². The standard InChI is InChI=1S/C17H30O3Si/c1-14(20-21(5,6)17(2,3)4)16(18)13-19-12-15-10-8-7-9-11-15/h7-11,14,16,18H,12-13H2,1-6H3/t14-,16+/m0/s1. The van der Waals surface area contributed by atoms with Crippen LogP contribution in [0.1, 0.15) is 33.3 Å². The number of hydrogen-bond acceptors (Lipinski definition) is 3. The molecule has 0 aliphatic heterocycles. The van der Waals surface area contributed by atoms with Crippen molar-refractivity contribution in [3.63, 3.8) is 0 Å². The number of aliphatic hydroxyl groups excluding tert-OH is 1. The van der Waals surface area contributed by atoms with Gasteiger partial charge in [-0.2, -0.15) is 0 Å². The summed E-state index contributed by atoms with van der Waals surface area (Å²) >= 11 is 0. The van der Waals surface area contributed by atoms with Crippen LogP contribution in [0.5, 0.6) is 0 Å². The molecule has 0 fully saturated rings. The number of aliphatic hydroxyl groups is 1. The fourth-order valence-electron chi connectivity index (χ4n) is 1.73. The molecule has 0 aliphatic carbocycles. The summed E-state index contributed by atoms with van der Waals surface area (Å²) < 4.78 is 11.8. The molecule has 0 saturated heterocycles. The van der Waals surface area contributed by atoms with Gasteiger partial charge in [0.05, 0.1) is 19.3 Å². The van der Waals surface area contributed by atoms with Crippen LogP contribution in [-0.2, 0) is 15.8 Å². The molecule has 0 spiro atoms. The number of ether oxygens (including phenoxy) is 1. The summed E-state index contributed by atoms with van der Waals surface area (Å²) in [5.41, 5.74) is 1.11. The second-order valence-electron chi connectivity index (χ2n) is 7.15. The van der Waals surface area contributed by atoms with Gasteiger partial charge >= 0.3 is 0 Å². The molecule has 0 amide bonds. The molecule has 0 heterocycles. The quantitative estimate of drug-likeness (QED) is 0.774. The Bertz CT molecular complexity index is 412. The first-order valence-corrected chi connectivity index (χ1v) is 10.5. The van der Waals surface area contributed by atoms with Crippen LogP contribution in [0.15, 0.2) is 30.3 Å². The normalized spacial score (nSPS) is 15.8. The second kappa shape index (κ2) is 7.54. The molecule has 4 heteroatoms. The highest BCUT2D eigenvalue weighted by Gasteiger charge is 2.39. The molecule has 0 aromatic heterocycles. The highest BCUT2D eigenvalue weighted by Crippen LogP contribution is 2.37. The first-order valence-electron chi connectivity index (χ1n) is 7.61. The molecule has 3 nitrogen and oxygen atoms in total. The van der Waals surface area contributed by atoms with Gasteiger partial charge in [-0.3, -0.25) is 0 Å². The molecule has 1 aromatic carbocycles. The first-order chi connectivity index (χ1) is 9.63. The van der Waals surface area contributed by atoms with Crippen molar-refractivity contribution < 1.29 is 14.3 Å². The van der Waals surface area contributed by atoms with Gasteiger partial charge in [-0.05, 0) is 30.6 Å². The lowest BCUT2D eigenvalue weighted by Crippen LogP contribution is -2.47. The van der Waals surface area contributed by atoms with Crippen molar-refractivity contribution >= 4 is 8.32 Å². The Morgan fingerprint density at radius 3 is 2.24 bits per heavy atom. The summed E-state index contributed by atoms with van der Waals surface area (Å²) in [6.07, 6.45) is -0.801. The van der Waals surface area contributed by atoms with Crippen molar-refractivity contribution in [2.45, 2.75) is 64.6 Å². The van der Waals surface area contributed by atoms with Crippen molar-refractivity contribution in [3.05, 3.63) is 35.9 Å². The molecule has 2 atom stereocenters. The van der Waals surface area contributed by atoms with Gasteiger partial charge in [0.15, 0.2) is 8.32 Å². The number of hydrogen-bond donors (Lipinski definition) is 1. The molecule has 1 rings (SSSR count). The Balaban J connectivity index is 2.39. The van der Waals surface area contributed by atoms with E-state index in [0.29, 0.717) is 13.2 Å². The van der Waals surface area contributed by atoms with E-state index in [-0.39, 0.29) is 11.1 Å². The van der Waals surface area contributed by atoms with Crippen molar-refractivity contribution in [3.8, 4) is 0 Å². The zero-order valence-electron chi connectivity index (χ0n) is 14.2. The summed E-state index contributed by atoms with van der Waals surface area (Å²) in [6, 6.07) is 9.98. The second-order valence-corrected chi connectivity index (χ2v) is 11.9. The third-order valence-corrected chi connectivity index (χ3v) is 8.80. The van der Waals surface area contributed by atoms with Gasteiger partial charge in [-0.1, -0.05) is 51.1 Å². The van der Waals surface area contributed by atoms with E-state index in [1.807, 2.05) is 37.3 Å². The lowest BCUT2D eigenvalue weighted by atomic mass is 10.2. The molecular formula is C17H30O3Si. The highest BCUT2D eigenvalue weighted by atomic mass is 28.4. The zero-order chi connectivity index (χ0) is 16.1. The smallest absolute Gasteiger partial charge is 0.192 e. The van der Waals surface area contributed by atoms with Gasteiger partial charge in [-0.15, -0.1) is 0 Å². The highest BCUT2D eigenvalue weighted by molar-refractivity contribution is 6.74. The minimum atomic E-state index is -1.85. The molecule has 0 unspecified atom stereocenters. The van der Waals surface area contributed by atoms with Gasteiger partial charge in [0.1, 0.15) is 6.10 Å². The van der Waals surface area contributed by atoms with Crippen LogP contribution >= 0.6 is 0 Å². The molecule has 0 saturated carbocycles. The van der Waals surface area contributed by atoms with E-state index >= 15 is 0 Å². The Morgan fingerprint density at radius 1 is 1.14 bits per heavy atom. The fraction of sp³-hybridized carbons (Fsp3) is 0.647. The largest absolute Gasteiger partial charge is 0.411 e. The molecular weight excluding hydrogens is 280 g/mol. The van der Waals surface area contributed by atoms with Gasteiger partial charge in [-0.25, -0.2) is 0 Å². The lowest BCUT2D eigenvalue weighted by Gasteiger charge is -2.39. The van der Waals surface area contributed by atoms with E-state index in [1.54, 1.807) is 0 Å². The van der Waals surface area contributed by atoms with Gasteiger partial charge in [0.25, 0.3) is 0 Å².